The smallest absolute Gasteiger partial charge is 0.339 e. The van der Waals surface area contributed by atoms with Crippen LogP contribution >= 0.6 is 0 Å². The third kappa shape index (κ3) is 3.77. The van der Waals surface area contributed by atoms with Crippen LogP contribution in [-0.4, -0.2) is 33.0 Å². The van der Waals surface area contributed by atoms with Crippen molar-refractivity contribution in [3.63, 3.8) is 0 Å². The molecule has 0 atom stereocenters. The number of esters is 1. The molecule has 0 heterocycles. The first kappa shape index (κ1) is 18.4. The molecule has 0 spiro atoms. The van der Waals surface area contributed by atoms with Gasteiger partial charge in [0.1, 0.15) is 5.56 Å². The average Bonchev–Trinajstić information content (AvgIpc) is 2.37. The lowest BCUT2D eigenvalue weighted by Crippen LogP contribution is -2.25. The number of benzene rings is 1. The SMILES string of the molecule is CC(C)OC(=O)c1cc(O)c(O)c([N+](=O)[O-])c1C(=O)C(C)(C)C. The summed E-state index contributed by atoms with van der Waals surface area (Å²) in [5, 5.41) is 30.7. The molecule has 0 bridgehead atoms. The van der Waals surface area contributed by atoms with Crippen molar-refractivity contribution in [1.82, 2.24) is 0 Å². The molecule has 0 amide bonds. The van der Waals surface area contributed by atoms with Crippen molar-refractivity contribution < 1.29 is 29.5 Å². The summed E-state index contributed by atoms with van der Waals surface area (Å²) in [4.78, 5) is 35.0. The molecule has 1 aromatic rings. The van der Waals surface area contributed by atoms with E-state index in [0.29, 0.717) is 0 Å². The molecular formula is C15H19NO7. The van der Waals surface area contributed by atoms with E-state index in [1.165, 1.54) is 20.8 Å². The van der Waals surface area contributed by atoms with Crippen molar-refractivity contribution in [2.45, 2.75) is 40.7 Å². The highest BCUT2D eigenvalue weighted by Gasteiger charge is 2.38. The van der Waals surface area contributed by atoms with Crippen molar-refractivity contribution in [2.75, 3.05) is 0 Å². The molecule has 0 saturated heterocycles. The third-order valence-corrected chi connectivity index (χ3v) is 2.91. The molecule has 0 fully saturated rings. The van der Waals surface area contributed by atoms with Crippen LogP contribution in [0.3, 0.4) is 0 Å². The van der Waals surface area contributed by atoms with Crippen LogP contribution in [-0.2, 0) is 4.74 Å². The van der Waals surface area contributed by atoms with Gasteiger partial charge in [0.15, 0.2) is 11.5 Å². The van der Waals surface area contributed by atoms with Gasteiger partial charge in [-0.2, -0.15) is 0 Å². The summed E-state index contributed by atoms with van der Waals surface area (Å²) in [5.41, 5.74) is -3.11. The second-order valence-electron chi connectivity index (χ2n) is 6.31. The van der Waals surface area contributed by atoms with Gasteiger partial charge in [-0.3, -0.25) is 14.9 Å². The van der Waals surface area contributed by atoms with Crippen molar-refractivity contribution >= 4 is 17.4 Å². The van der Waals surface area contributed by atoms with Gasteiger partial charge >= 0.3 is 11.7 Å². The number of hydrogen-bond acceptors (Lipinski definition) is 7. The zero-order valence-electron chi connectivity index (χ0n) is 13.5. The molecule has 0 aliphatic heterocycles. The van der Waals surface area contributed by atoms with E-state index in [2.05, 4.69) is 0 Å². The summed E-state index contributed by atoms with van der Waals surface area (Å²) in [7, 11) is 0. The van der Waals surface area contributed by atoms with Crippen molar-refractivity contribution in [1.29, 1.82) is 0 Å². The maximum atomic E-state index is 12.6. The largest absolute Gasteiger partial charge is 0.504 e. The fourth-order valence-corrected chi connectivity index (χ4v) is 1.87. The van der Waals surface area contributed by atoms with E-state index < -0.39 is 56.5 Å². The van der Waals surface area contributed by atoms with Crippen molar-refractivity contribution in [3.05, 3.63) is 27.3 Å². The Kier molecular flexibility index (Phi) is 4.99. The number of nitrogens with zero attached hydrogens (tertiary/aromatic N) is 1. The first-order chi connectivity index (χ1) is 10.4. The van der Waals surface area contributed by atoms with Crippen molar-refractivity contribution in [2.24, 2.45) is 5.41 Å². The van der Waals surface area contributed by atoms with Crippen LogP contribution < -0.4 is 0 Å². The molecule has 8 nitrogen and oxygen atoms in total. The van der Waals surface area contributed by atoms with Crippen LogP contribution in [0.15, 0.2) is 6.07 Å². The summed E-state index contributed by atoms with van der Waals surface area (Å²) >= 11 is 0. The number of aromatic hydroxyl groups is 2. The minimum absolute atomic E-state index is 0.458. The minimum Gasteiger partial charge on any atom is -0.504 e. The first-order valence-corrected chi connectivity index (χ1v) is 6.87. The van der Waals surface area contributed by atoms with E-state index in [9.17, 15) is 29.9 Å². The standard InChI is InChI=1S/C15H19NO7/c1-7(2)23-14(20)8-6-9(17)12(18)11(16(21)22)10(8)13(19)15(3,4)5/h6-7,17-18H,1-5H3. The Labute approximate surface area is 132 Å². The highest BCUT2D eigenvalue weighted by Crippen LogP contribution is 2.42. The second-order valence-corrected chi connectivity index (χ2v) is 6.31. The topological polar surface area (TPSA) is 127 Å². The molecular weight excluding hydrogens is 306 g/mol. The molecule has 1 aromatic carbocycles. The lowest BCUT2D eigenvalue weighted by Gasteiger charge is -2.19. The maximum absolute atomic E-state index is 12.6. The number of nitro groups is 1. The average molecular weight is 325 g/mol. The molecule has 2 N–H and O–H groups in total. The van der Waals surface area contributed by atoms with Gasteiger partial charge < -0.3 is 14.9 Å². The number of phenols is 2. The molecule has 0 aliphatic rings. The van der Waals surface area contributed by atoms with Gasteiger partial charge in [-0.1, -0.05) is 20.8 Å². The molecule has 1 rings (SSSR count). The van der Waals surface area contributed by atoms with Crippen LogP contribution in [0.4, 0.5) is 5.69 Å². The molecule has 126 valence electrons. The summed E-state index contributed by atoms with van der Waals surface area (Å²) in [6.45, 7) is 7.68. The van der Waals surface area contributed by atoms with Gasteiger partial charge in [0.2, 0.25) is 5.75 Å². The molecule has 0 aromatic heterocycles. The van der Waals surface area contributed by atoms with Crippen LogP contribution in [0.5, 0.6) is 11.5 Å². The number of nitro benzene ring substituents is 1. The van der Waals surface area contributed by atoms with Crippen LogP contribution in [0, 0.1) is 15.5 Å². The fraction of sp³-hybridized carbons (Fsp3) is 0.467. The summed E-state index contributed by atoms with van der Waals surface area (Å²) < 4.78 is 4.96. The number of Topliss-reactive ketones (excluding diaryl/α,β-unsaturated/α-hetero) is 1. The molecule has 0 saturated carbocycles. The predicted molar refractivity (Wildman–Crippen MR) is 80.8 cm³/mol. The Morgan fingerprint density at radius 2 is 1.78 bits per heavy atom. The quantitative estimate of drug-likeness (QED) is 0.286. The van der Waals surface area contributed by atoms with E-state index >= 15 is 0 Å². The van der Waals surface area contributed by atoms with Gasteiger partial charge in [-0.25, -0.2) is 4.79 Å². The van der Waals surface area contributed by atoms with E-state index in [1.807, 2.05) is 0 Å². The van der Waals surface area contributed by atoms with Crippen LogP contribution in [0.2, 0.25) is 0 Å². The van der Waals surface area contributed by atoms with Crippen LogP contribution in [0.1, 0.15) is 55.3 Å². The van der Waals surface area contributed by atoms with E-state index in [-0.39, 0.29) is 0 Å². The first-order valence-electron chi connectivity index (χ1n) is 6.87. The number of carbonyl (C=O) groups is 2. The Bertz CT molecular complexity index is 671. The van der Waals surface area contributed by atoms with Gasteiger partial charge in [-0.05, 0) is 19.9 Å². The highest BCUT2D eigenvalue weighted by molar-refractivity contribution is 6.12. The summed E-state index contributed by atoms with van der Waals surface area (Å²) in [6.07, 6.45) is -0.532. The normalized spacial score (nSPS) is 11.4. The predicted octanol–water partition coefficient (Wildman–Crippen LogP) is 2.80. The number of hydrogen-bond donors (Lipinski definition) is 2. The number of ketones is 1. The molecule has 0 unspecified atom stereocenters. The number of carbonyl (C=O) groups excluding carboxylic acids is 2. The van der Waals surface area contributed by atoms with E-state index in [0.717, 1.165) is 6.07 Å². The highest BCUT2D eigenvalue weighted by atomic mass is 16.6. The molecule has 23 heavy (non-hydrogen) atoms. The summed E-state index contributed by atoms with van der Waals surface area (Å²) in [6, 6.07) is 0.798. The Morgan fingerprint density at radius 1 is 1.26 bits per heavy atom. The Morgan fingerprint density at radius 3 is 2.17 bits per heavy atom. The van der Waals surface area contributed by atoms with Crippen LogP contribution in [0.25, 0.3) is 0 Å². The molecule has 0 radical (unpaired) electrons. The van der Waals surface area contributed by atoms with Gasteiger partial charge in [-0.15, -0.1) is 0 Å². The zero-order valence-corrected chi connectivity index (χ0v) is 13.5. The Hall–Kier alpha value is -2.64. The number of rotatable bonds is 4. The summed E-state index contributed by atoms with van der Waals surface area (Å²) in [5.74, 6) is -3.66. The second kappa shape index (κ2) is 6.23. The van der Waals surface area contributed by atoms with Gasteiger partial charge in [0.25, 0.3) is 0 Å². The van der Waals surface area contributed by atoms with Crippen molar-refractivity contribution in [3.8, 4) is 11.5 Å². The number of ether oxygens (including phenoxy) is 1. The van der Waals surface area contributed by atoms with E-state index in [4.69, 9.17) is 4.74 Å². The van der Waals surface area contributed by atoms with Gasteiger partial charge in [0, 0.05) is 5.41 Å². The van der Waals surface area contributed by atoms with E-state index in [1.54, 1.807) is 13.8 Å². The third-order valence-electron chi connectivity index (χ3n) is 2.91. The fourth-order valence-electron chi connectivity index (χ4n) is 1.87. The maximum Gasteiger partial charge on any atom is 0.339 e. The number of phenolic OH excluding ortho intramolecular Hbond substituents is 2. The van der Waals surface area contributed by atoms with Gasteiger partial charge in [0.05, 0.1) is 16.6 Å². The zero-order chi connectivity index (χ0) is 18.1. The minimum atomic E-state index is -1.07. The molecule has 0 aliphatic carbocycles. The lowest BCUT2D eigenvalue weighted by atomic mass is 9.83. The molecule has 8 heteroatoms. The monoisotopic (exact) mass is 325 g/mol. The Balaban J connectivity index is 3.78. The lowest BCUT2D eigenvalue weighted by molar-refractivity contribution is -0.386.